The van der Waals surface area contributed by atoms with Crippen LogP contribution < -0.4 is 10.2 Å². The van der Waals surface area contributed by atoms with Gasteiger partial charge in [-0.2, -0.15) is 0 Å². The van der Waals surface area contributed by atoms with Gasteiger partial charge in [-0.25, -0.2) is 0 Å². The molecule has 1 aliphatic heterocycles. The van der Waals surface area contributed by atoms with Crippen LogP contribution in [0.1, 0.15) is 12.8 Å². The average molecular weight is 219 g/mol. The van der Waals surface area contributed by atoms with E-state index in [2.05, 4.69) is 15.2 Å². The molecule has 0 aromatic carbocycles. The van der Waals surface area contributed by atoms with Crippen LogP contribution in [0.25, 0.3) is 0 Å². The average Bonchev–Trinajstić information content (AvgIpc) is 2.38. The number of aromatic nitrogens is 1. The molecular weight excluding hydrogens is 202 g/mol. The van der Waals surface area contributed by atoms with Gasteiger partial charge in [0.15, 0.2) is 0 Å². The van der Waals surface area contributed by atoms with E-state index in [1.165, 1.54) is 5.69 Å². The molecule has 1 aromatic heterocycles. The second kappa shape index (κ2) is 5.49. The molecule has 1 saturated heterocycles. The lowest BCUT2D eigenvalue weighted by atomic mass is 9.96. The van der Waals surface area contributed by atoms with Gasteiger partial charge < -0.3 is 10.2 Å². The van der Waals surface area contributed by atoms with Crippen LogP contribution in [0.5, 0.6) is 0 Å². The van der Waals surface area contributed by atoms with E-state index in [0.717, 1.165) is 38.9 Å². The largest absolute Gasteiger partial charge is 0.371 e. The quantitative estimate of drug-likeness (QED) is 0.770. The molecule has 0 bridgehead atoms. The smallest absolute Gasteiger partial charge is 0.207 e. The molecule has 4 heteroatoms. The Labute approximate surface area is 95.7 Å². The maximum absolute atomic E-state index is 10.2. The topological polar surface area (TPSA) is 45.2 Å². The molecule has 1 fully saturated rings. The molecule has 1 N–H and O–H groups in total. The third kappa shape index (κ3) is 2.72. The molecule has 2 rings (SSSR count). The van der Waals surface area contributed by atoms with E-state index in [1.807, 2.05) is 24.5 Å². The molecule has 0 spiro atoms. The second-order valence-corrected chi connectivity index (χ2v) is 4.16. The van der Waals surface area contributed by atoms with E-state index in [0.29, 0.717) is 5.92 Å². The zero-order valence-corrected chi connectivity index (χ0v) is 9.30. The number of piperidine rings is 1. The third-order valence-corrected chi connectivity index (χ3v) is 3.13. The minimum absolute atomic E-state index is 0.628. The van der Waals surface area contributed by atoms with Gasteiger partial charge in [0, 0.05) is 37.7 Å². The summed E-state index contributed by atoms with van der Waals surface area (Å²) >= 11 is 0. The number of amides is 1. The summed E-state index contributed by atoms with van der Waals surface area (Å²) < 4.78 is 0. The molecule has 1 aliphatic rings. The van der Waals surface area contributed by atoms with Gasteiger partial charge in [0.1, 0.15) is 0 Å². The molecule has 2 heterocycles. The Bertz CT molecular complexity index is 320. The third-order valence-electron chi connectivity index (χ3n) is 3.13. The summed E-state index contributed by atoms with van der Waals surface area (Å²) in [5, 5.41) is 2.76. The molecule has 0 atom stereocenters. The highest BCUT2D eigenvalue weighted by Gasteiger charge is 2.18. The molecule has 0 aliphatic carbocycles. The van der Waals surface area contributed by atoms with Gasteiger partial charge in [-0.15, -0.1) is 0 Å². The lowest BCUT2D eigenvalue weighted by Crippen LogP contribution is -2.37. The second-order valence-electron chi connectivity index (χ2n) is 4.16. The van der Waals surface area contributed by atoms with Crippen LogP contribution >= 0.6 is 0 Å². The Morgan fingerprint density at radius 3 is 2.69 bits per heavy atom. The van der Waals surface area contributed by atoms with Crippen molar-refractivity contribution in [2.75, 3.05) is 24.5 Å². The fourth-order valence-electron chi connectivity index (χ4n) is 2.16. The Kier molecular flexibility index (Phi) is 3.75. The van der Waals surface area contributed by atoms with Crippen molar-refractivity contribution in [2.24, 2.45) is 5.92 Å². The SMILES string of the molecule is O=CNCC1CCN(c2ccncc2)CC1. The Balaban J connectivity index is 1.83. The highest BCUT2D eigenvalue weighted by atomic mass is 16.1. The van der Waals surface area contributed by atoms with E-state index < -0.39 is 0 Å². The van der Waals surface area contributed by atoms with Crippen LogP contribution in [0.3, 0.4) is 0 Å². The van der Waals surface area contributed by atoms with Gasteiger partial charge in [0.05, 0.1) is 0 Å². The van der Waals surface area contributed by atoms with Gasteiger partial charge in [-0.05, 0) is 30.9 Å². The summed E-state index contributed by atoms with van der Waals surface area (Å²) in [6.45, 7) is 2.94. The first-order valence-corrected chi connectivity index (χ1v) is 5.72. The number of nitrogens with one attached hydrogen (secondary N) is 1. The molecule has 86 valence electrons. The lowest BCUT2D eigenvalue weighted by molar-refractivity contribution is -0.109. The summed E-state index contributed by atoms with van der Waals surface area (Å²) in [5.41, 5.74) is 1.25. The number of rotatable bonds is 4. The maximum atomic E-state index is 10.2. The predicted octanol–water partition coefficient (Wildman–Crippen LogP) is 1.04. The Morgan fingerprint density at radius 2 is 2.06 bits per heavy atom. The van der Waals surface area contributed by atoms with Gasteiger partial charge >= 0.3 is 0 Å². The van der Waals surface area contributed by atoms with Crippen LogP contribution in [0.15, 0.2) is 24.5 Å². The summed E-state index contributed by atoms with van der Waals surface area (Å²) in [6, 6.07) is 4.09. The monoisotopic (exact) mass is 219 g/mol. The number of hydrogen-bond donors (Lipinski definition) is 1. The highest BCUT2D eigenvalue weighted by molar-refractivity contribution is 5.46. The number of carbonyl (C=O) groups is 1. The predicted molar refractivity (Wildman–Crippen MR) is 63.2 cm³/mol. The first-order chi connectivity index (χ1) is 7.90. The molecular formula is C12H17N3O. The minimum Gasteiger partial charge on any atom is -0.371 e. The van der Waals surface area contributed by atoms with Gasteiger partial charge in [-0.1, -0.05) is 0 Å². The van der Waals surface area contributed by atoms with Crippen LogP contribution in [0.2, 0.25) is 0 Å². The van der Waals surface area contributed by atoms with Gasteiger partial charge in [0.2, 0.25) is 6.41 Å². The van der Waals surface area contributed by atoms with E-state index in [1.54, 1.807) is 0 Å². The summed E-state index contributed by atoms with van der Waals surface area (Å²) in [4.78, 5) is 16.6. The zero-order chi connectivity index (χ0) is 11.2. The number of anilines is 1. The number of carbonyl (C=O) groups excluding carboxylic acids is 1. The molecule has 1 amide bonds. The molecule has 0 saturated carbocycles. The van der Waals surface area contributed by atoms with E-state index in [9.17, 15) is 4.79 Å². The van der Waals surface area contributed by atoms with E-state index in [-0.39, 0.29) is 0 Å². The summed E-state index contributed by atoms with van der Waals surface area (Å²) in [6.07, 6.45) is 6.73. The van der Waals surface area contributed by atoms with E-state index in [4.69, 9.17) is 0 Å². The normalized spacial score (nSPS) is 17.1. The van der Waals surface area contributed by atoms with Crippen molar-refractivity contribution in [1.29, 1.82) is 0 Å². The highest BCUT2D eigenvalue weighted by Crippen LogP contribution is 2.21. The number of pyridine rings is 1. The molecule has 0 radical (unpaired) electrons. The molecule has 16 heavy (non-hydrogen) atoms. The fourth-order valence-corrected chi connectivity index (χ4v) is 2.16. The standard InChI is InChI=1S/C12H17N3O/c16-10-14-9-11-3-7-15(8-4-11)12-1-5-13-6-2-12/h1-2,5-6,10-11H,3-4,7-9H2,(H,14,16). The van der Waals surface area contributed by atoms with Gasteiger partial charge in [-0.3, -0.25) is 9.78 Å². The van der Waals surface area contributed by atoms with Crippen molar-refractivity contribution in [3.05, 3.63) is 24.5 Å². The van der Waals surface area contributed by atoms with Gasteiger partial charge in [0.25, 0.3) is 0 Å². The van der Waals surface area contributed by atoms with Crippen molar-refractivity contribution in [1.82, 2.24) is 10.3 Å². The van der Waals surface area contributed by atoms with Crippen LogP contribution in [-0.2, 0) is 4.79 Å². The van der Waals surface area contributed by atoms with Crippen LogP contribution in [0.4, 0.5) is 5.69 Å². The Hall–Kier alpha value is -1.58. The van der Waals surface area contributed by atoms with Crippen molar-refractivity contribution >= 4 is 12.1 Å². The van der Waals surface area contributed by atoms with Crippen LogP contribution in [0, 0.1) is 5.92 Å². The summed E-state index contributed by atoms with van der Waals surface area (Å²) in [7, 11) is 0. The molecule has 0 unspecified atom stereocenters. The minimum atomic E-state index is 0.628. The van der Waals surface area contributed by atoms with Crippen molar-refractivity contribution < 1.29 is 4.79 Å². The zero-order valence-electron chi connectivity index (χ0n) is 9.30. The van der Waals surface area contributed by atoms with Crippen LogP contribution in [-0.4, -0.2) is 31.0 Å². The summed E-state index contributed by atoms with van der Waals surface area (Å²) in [5.74, 6) is 0.628. The maximum Gasteiger partial charge on any atom is 0.207 e. The fraction of sp³-hybridized carbons (Fsp3) is 0.500. The first kappa shape index (κ1) is 10.9. The Morgan fingerprint density at radius 1 is 1.38 bits per heavy atom. The van der Waals surface area contributed by atoms with E-state index >= 15 is 0 Å². The van der Waals surface area contributed by atoms with Crippen molar-refractivity contribution in [3.8, 4) is 0 Å². The first-order valence-electron chi connectivity index (χ1n) is 5.72. The molecule has 4 nitrogen and oxygen atoms in total. The van der Waals surface area contributed by atoms with Crippen molar-refractivity contribution in [3.63, 3.8) is 0 Å². The lowest BCUT2D eigenvalue weighted by Gasteiger charge is -2.33. The number of nitrogens with zero attached hydrogens (tertiary/aromatic N) is 2. The number of hydrogen-bond acceptors (Lipinski definition) is 3. The molecule has 1 aromatic rings. The van der Waals surface area contributed by atoms with Crippen molar-refractivity contribution in [2.45, 2.75) is 12.8 Å².